The quantitative estimate of drug-likeness (QED) is 0.704. The van der Waals surface area contributed by atoms with Gasteiger partial charge in [-0.1, -0.05) is 6.07 Å². The number of aryl methyl sites for hydroxylation is 1. The average Bonchev–Trinajstić information content (AvgIpc) is 3.01. The number of likely N-dealkylation sites (N-methyl/N-ethyl adjacent to an activating group) is 1. The summed E-state index contributed by atoms with van der Waals surface area (Å²) in [5, 5.41) is 9.82. The molecule has 0 aliphatic carbocycles. The van der Waals surface area contributed by atoms with Gasteiger partial charge in [0.1, 0.15) is 6.04 Å². The zero-order chi connectivity index (χ0) is 19.1. The molecule has 2 rings (SSSR count). The van der Waals surface area contributed by atoms with Gasteiger partial charge in [-0.2, -0.15) is 13.9 Å². The van der Waals surface area contributed by atoms with Gasteiger partial charge in [0.15, 0.2) is 11.5 Å². The van der Waals surface area contributed by atoms with E-state index < -0.39 is 12.7 Å². The number of hydrogen-bond donors (Lipinski definition) is 2. The minimum Gasteiger partial charge on any atom is -0.493 e. The Hall–Kier alpha value is -2.68. The number of benzene rings is 1. The molecule has 0 fully saturated rings. The zero-order valence-electron chi connectivity index (χ0n) is 14.8. The fourth-order valence-corrected chi connectivity index (χ4v) is 2.54. The third-order valence-electron chi connectivity index (χ3n) is 3.77. The van der Waals surface area contributed by atoms with Crippen LogP contribution < -0.4 is 20.1 Å². The van der Waals surface area contributed by atoms with Crippen LogP contribution in [0, 0.1) is 0 Å². The second kappa shape index (κ2) is 9.14. The van der Waals surface area contributed by atoms with Gasteiger partial charge in [-0.25, -0.2) is 0 Å². The molecule has 0 aliphatic rings. The first-order chi connectivity index (χ1) is 12.4. The first kappa shape index (κ1) is 19.6. The molecule has 0 spiro atoms. The number of hydrogen-bond acceptors (Lipinski definition) is 5. The lowest BCUT2D eigenvalue weighted by Crippen LogP contribution is -2.36. The highest BCUT2D eigenvalue weighted by molar-refractivity contribution is 5.83. The molecule has 0 saturated heterocycles. The molecular weight excluding hydrogens is 346 g/mol. The number of ether oxygens (including phenoxy) is 2. The van der Waals surface area contributed by atoms with Gasteiger partial charge < -0.3 is 20.1 Å². The summed E-state index contributed by atoms with van der Waals surface area (Å²) in [4.78, 5) is 12.3. The lowest BCUT2D eigenvalue weighted by molar-refractivity contribution is -0.123. The molecule has 26 heavy (non-hydrogen) atoms. The van der Waals surface area contributed by atoms with Crippen molar-refractivity contribution in [3.05, 3.63) is 41.7 Å². The highest BCUT2D eigenvalue weighted by Crippen LogP contribution is 2.29. The van der Waals surface area contributed by atoms with E-state index in [4.69, 9.17) is 4.74 Å². The summed E-state index contributed by atoms with van der Waals surface area (Å²) in [7, 11) is 4.84. The molecule has 2 aromatic rings. The highest BCUT2D eigenvalue weighted by atomic mass is 19.3. The zero-order valence-corrected chi connectivity index (χ0v) is 14.8. The molecule has 0 radical (unpaired) electrons. The highest BCUT2D eigenvalue weighted by Gasteiger charge is 2.19. The summed E-state index contributed by atoms with van der Waals surface area (Å²) in [6.07, 6.45) is 3.84. The topological polar surface area (TPSA) is 77.4 Å². The Morgan fingerprint density at radius 3 is 2.69 bits per heavy atom. The van der Waals surface area contributed by atoms with Crippen LogP contribution in [0.15, 0.2) is 30.6 Å². The Morgan fingerprint density at radius 2 is 2.12 bits per heavy atom. The molecule has 0 bridgehead atoms. The van der Waals surface area contributed by atoms with Crippen LogP contribution in [0.5, 0.6) is 11.5 Å². The molecule has 1 unspecified atom stereocenters. The number of nitrogens with zero attached hydrogens (tertiary/aromatic N) is 2. The standard InChI is InChI=1S/C17H22F2N4O3/c1-20-15(12-9-22-23(2)10-12)16(24)21-7-6-11-4-5-13(25-3)14(8-11)26-17(18)19/h4-5,8-10,15,17,20H,6-7H2,1-3H3,(H,21,24). The number of halogens is 2. The molecule has 2 N–H and O–H groups in total. The Labute approximate surface area is 150 Å². The summed E-state index contributed by atoms with van der Waals surface area (Å²) in [6, 6.07) is 4.26. The summed E-state index contributed by atoms with van der Waals surface area (Å²) in [6.45, 7) is -2.59. The Kier molecular flexibility index (Phi) is 6.90. The first-order valence-electron chi connectivity index (χ1n) is 7.99. The first-order valence-corrected chi connectivity index (χ1v) is 7.99. The maximum Gasteiger partial charge on any atom is 0.387 e. The minimum absolute atomic E-state index is 0.0326. The number of carbonyl (C=O) groups is 1. The molecule has 1 aromatic carbocycles. The summed E-state index contributed by atoms with van der Waals surface area (Å²) in [5.41, 5.74) is 1.49. The molecule has 1 heterocycles. The number of alkyl halides is 2. The minimum atomic E-state index is -2.94. The van der Waals surface area contributed by atoms with E-state index in [9.17, 15) is 13.6 Å². The predicted octanol–water partition coefficient (Wildman–Crippen LogP) is 1.65. The molecule has 9 heteroatoms. The van der Waals surface area contributed by atoms with Crippen molar-refractivity contribution in [1.29, 1.82) is 0 Å². The number of rotatable bonds is 9. The van der Waals surface area contributed by atoms with E-state index in [0.717, 1.165) is 11.1 Å². The largest absolute Gasteiger partial charge is 0.493 e. The molecule has 7 nitrogen and oxygen atoms in total. The molecule has 0 saturated carbocycles. The second-order valence-electron chi connectivity index (χ2n) is 5.57. The van der Waals surface area contributed by atoms with E-state index in [1.54, 1.807) is 43.3 Å². The van der Waals surface area contributed by atoms with Gasteiger partial charge in [-0.05, 0) is 31.2 Å². The van der Waals surface area contributed by atoms with Gasteiger partial charge >= 0.3 is 6.61 Å². The molecule has 1 atom stereocenters. The summed E-state index contributed by atoms with van der Waals surface area (Å²) < 4.78 is 36.0. The Bertz CT molecular complexity index is 737. The number of methoxy groups -OCH3 is 1. The molecular formula is C17H22F2N4O3. The van der Waals surface area contributed by atoms with E-state index >= 15 is 0 Å². The van der Waals surface area contributed by atoms with E-state index in [1.165, 1.54) is 13.2 Å². The average molecular weight is 368 g/mol. The Balaban J connectivity index is 1.95. The molecule has 142 valence electrons. The van der Waals surface area contributed by atoms with Crippen molar-refractivity contribution in [2.75, 3.05) is 20.7 Å². The van der Waals surface area contributed by atoms with Crippen molar-refractivity contribution in [2.45, 2.75) is 19.1 Å². The van der Waals surface area contributed by atoms with Gasteiger partial charge in [0.05, 0.1) is 13.3 Å². The van der Waals surface area contributed by atoms with Crippen LogP contribution in [0.25, 0.3) is 0 Å². The number of aromatic nitrogens is 2. The van der Waals surface area contributed by atoms with Gasteiger partial charge in [0, 0.05) is 25.4 Å². The van der Waals surface area contributed by atoms with E-state index in [-0.39, 0.29) is 17.4 Å². The van der Waals surface area contributed by atoms with Gasteiger partial charge in [-0.15, -0.1) is 0 Å². The van der Waals surface area contributed by atoms with Gasteiger partial charge in [0.25, 0.3) is 0 Å². The third-order valence-corrected chi connectivity index (χ3v) is 3.77. The monoisotopic (exact) mass is 368 g/mol. The van der Waals surface area contributed by atoms with Crippen molar-refractivity contribution in [1.82, 2.24) is 20.4 Å². The Morgan fingerprint density at radius 1 is 1.35 bits per heavy atom. The van der Waals surface area contributed by atoms with Crippen molar-refractivity contribution in [3.8, 4) is 11.5 Å². The van der Waals surface area contributed by atoms with Crippen LogP contribution in [0.3, 0.4) is 0 Å². The fraction of sp³-hybridized carbons (Fsp3) is 0.412. The molecule has 1 amide bonds. The van der Waals surface area contributed by atoms with E-state index in [1.807, 2.05) is 0 Å². The van der Waals surface area contributed by atoms with E-state index in [2.05, 4.69) is 20.5 Å². The van der Waals surface area contributed by atoms with Gasteiger partial charge in [0.2, 0.25) is 5.91 Å². The van der Waals surface area contributed by atoms with Crippen LogP contribution >= 0.6 is 0 Å². The smallest absolute Gasteiger partial charge is 0.387 e. The van der Waals surface area contributed by atoms with Crippen molar-refractivity contribution >= 4 is 5.91 Å². The molecule has 0 aliphatic heterocycles. The number of amides is 1. The SMILES string of the molecule is CNC(C(=O)NCCc1ccc(OC)c(OC(F)F)c1)c1cnn(C)c1. The van der Waals surface area contributed by atoms with Crippen LogP contribution in [0.4, 0.5) is 8.78 Å². The second-order valence-corrected chi connectivity index (χ2v) is 5.57. The van der Waals surface area contributed by atoms with Crippen LogP contribution in [-0.4, -0.2) is 43.0 Å². The summed E-state index contributed by atoms with van der Waals surface area (Å²) >= 11 is 0. The van der Waals surface area contributed by atoms with Gasteiger partial charge in [-0.3, -0.25) is 9.48 Å². The van der Waals surface area contributed by atoms with Crippen molar-refractivity contribution in [2.24, 2.45) is 7.05 Å². The number of carbonyl (C=O) groups excluding carboxylic acids is 1. The molecule has 1 aromatic heterocycles. The summed E-state index contributed by atoms with van der Waals surface area (Å²) in [5.74, 6) is -0.00207. The van der Waals surface area contributed by atoms with Crippen molar-refractivity contribution in [3.63, 3.8) is 0 Å². The van der Waals surface area contributed by atoms with E-state index in [0.29, 0.717) is 13.0 Å². The van der Waals surface area contributed by atoms with Crippen molar-refractivity contribution < 1.29 is 23.0 Å². The maximum atomic E-state index is 12.5. The fourth-order valence-electron chi connectivity index (χ4n) is 2.54. The third kappa shape index (κ3) is 5.16. The van der Waals surface area contributed by atoms with Crippen LogP contribution in [0.2, 0.25) is 0 Å². The van der Waals surface area contributed by atoms with Crippen LogP contribution in [-0.2, 0) is 18.3 Å². The lowest BCUT2D eigenvalue weighted by Gasteiger charge is -2.15. The number of nitrogens with one attached hydrogen (secondary N) is 2. The predicted molar refractivity (Wildman–Crippen MR) is 91.3 cm³/mol. The van der Waals surface area contributed by atoms with Crippen LogP contribution in [0.1, 0.15) is 17.2 Å². The maximum absolute atomic E-state index is 12.5. The lowest BCUT2D eigenvalue weighted by atomic mass is 10.1. The normalized spacial score (nSPS) is 12.1.